The topological polar surface area (TPSA) is 29.9 Å². The van der Waals surface area contributed by atoms with Crippen molar-refractivity contribution in [1.29, 1.82) is 0 Å². The van der Waals surface area contributed by atoms with Gasteiger partial charge in [0.2, 0.25) is 0 Å². The maximum Gasteiger partial charge on any atom is 0.0623 e. The van der Waals surface area contributed by atoms with Crippen molar-refractivity contribution in [2.45, 2.75) is 39.3 Å². The molecule has 0 aliphatic heterocycles. The van der Waals surface area contributed by atoms with Crippen LogP contribution in [0, 0.1) is 3.57 Å². The number of halogens is 1. The van der Waals surface area contributed by atoms with Gasteiger partial charge in [0, 0.05) is 18.8 Å². The summed E-state index contributed by atoms with van der Waals surface area (Å²) < 4.78 is 3.20. The molecule has 1 aromatic heterocycles. The molecule has 0 aliphatic carbocycles. The molecular weight excluding hydrogens is 289 g/mol. The van der Waals surface area contributed by atoms with Gasteiger partial charge in [0.1, 0.15) is 0 Å². The van der Waals surface area contributed by atoms with E-state index < -0.39 is 0 Å². The molecule has 0 bridgehead atoms. The number of aromatic nitrogens is 2. The van der Waals surface area contributed by atoms with E-state index in [2.05, 4.69) is 60.0 Å². The standard InChI is InChI=1S/C10H18IN3/c1-4-8(2)12-5-9(3)14-7-10(11)6-13-14/h6-9,12H,4-5H2,1-3H3. The lowest BCUT2D eigenvalue weighted by molar-refractivity contribution is 0.419. The maximum absolute atomic E-state index is 4.29. The molecule has 0 amide bonds. The van der Waals surface area contributed by atoms with Gasteiger partial charge in [-0.1, -0.05) is 6.92 Å². The van der Waals surface area contributed by atoms with E-state index in [4.69, 9.17) is 0 Å². The van der Waals surface area contributed by atoms with Gasteiger partial charge < -0.3 is 5.32 Å². The van der Waals surface area contributed by atoms with Crippen LogP contribution in [0.2, 0.25) is 0 Å². The first-order valence-corrected chi connectivity index (χ1v) is 6.14. The number of hydrogen-bond acceptors (Lipinski definition) is 2. The second-order valence-electron chi connectivity index (χ2n) is 3.71. The lowest BCUT2D eigenvalue weighted by Crippen LogP contribution is -2.31. The van der Waals surface area contributed by atoms with Gasteiger partial charge in [-0.25, -0.2) is 0 Å². The summed E-state index contributed by atoms with van der Waals surface area (Å²) in [5.41, 5.74) is 0. The predicted molar refractivity (Wildman–Crippen MR) is 67.4 cm³/mol. The van der Waals surface area contributed by atoms with Crippen molar-refractivity contribution in [2.24, 2.45) is 0 Å². The molecule has 0 saturated heterocycles. The second-order valence-corrected chi connectivity index (χ2v) is 4.95. The van der Waals surface area contributed by atoms with Gasteiger partial charge in [0.05, 0.1) is 15.8 Å². The van der Waals surface area contributed by atoms with E-state index in [0.29, 0.717) is 12.1 Å². The van der Waals surface area contributed by atoms with Gasteiger partial charge in [0.15, 0.2) is 0 Å². The summed E-state index contributed by atoms with van der Waals surface area (Å²) in [6.45, 7) is 7.56. The number of nitrogens with zero attached hydrogens (tertiary/aromatic N) is 2. The Morgan fingerprint density at radius 2 is 2.29 bits per heavy atom. The van der Waals surface area contributed by atoms with Gasteiger partial charge in [-0.05, 0) is 42.9 Å². The van der Waals surface area contributed by atoms with Crippen molar-refractivity contribution < 1.29 is 0 Å². The minimum atomic E-state index is 0.424. The fourth-order valence-corrected chi connectivity index (χ4v) is 1.58. The van der Waals surface area contributed by atoms with Crippen molar-refractivity contribution in [1.82, 2.24) is 15.1 Å². The zero-order chi connectivity index (χ0) is 10.6. The second kappa shape index (κ2) is 5.70. The molecule has 1 aromatic rings. The maximum atomic E-state index is 4.29. The Morgan fingerprint density at radius 1 is 1.57 bits per heavy atom. The molecule has 2 unspecified atom stereocenters. The molecule has 0 spiro atoms. The first kappa shape index (κ1) is 12.0. The summed E-state index contributed by atoms with van der Waals surface area (Å²) in [5.74, 6) is 0. The highest BCUT2D eigenvalue weighted by Gasteiger charge is 2.06. The highest BCUT2D eigenvalue weighted by atomic mass is 127. The Balaban J connectivity index is 2.39. The Bertz CT molecular complexity index is 272. The SMILES string of the molecule is CCC(C)NCC(C)n1cc(I)cn1. The highest BCUT2D eigenvalue weighted by molar-refractivity contribution is 14.1. The summed E-state index contributed by atoms with van der Waals surface area (Å²) >= 11 is 2.28. The quantitative estimate of drug-likeness (QED) is 0.847. The lowest BCUT2D eigenvalue weighted by atomic mass is 10.2. The van der Waals surface area contributed by atoms with Crippen LogP contribution >= 0.6 is 22.6 Å². The predicted octanol–water partition coefficient (Wildman–Crippen LogP) is 2.44. The zero-order valence-electron chi connectivity index (χ0n) is 9.00. The van der Waals surface area contributed by atoms with E-state index in [1.54, 1.807) is 0 Å². The Hall–Kier alpha value is -0.100. The minimum Gasteiger partial charge on any atom is -0.312 e. The van der Waals surface area contributed by atoms with E-state index in [9.17, 15) is 0 Å². The summed E-state index contributed by atoms with van der Waals surface area (Å²) in [6.07, 6.45) is 5.13. The molecule has 4 heteroatoms. The van der Waals surface area contributed by atoms with Crippen LogP contribution in [0.25, 0.3) is 0 Å². The van der Waals surface area contributed by atoms with E-state index >= 15 is 0 Å². The molecule has 0 fully saturated rings. The lowest BCUT2D eigenvalue weighted by Gasteiger charge is -2.16. The number of hydrogen-bond donors (Lipinski definition) is 1. The van der Waals surface area contributed by atoms with Crippen LogP contribution < -0.4 is 5.32 Å². The summed E-state index contributed by atoms with van der Waals surface area (Å²) in [6, 6.07) is 1.01. The molecule has 1 N–H and O–H groups in total. The number of nitrogens with one attached hydrogen (secondary N) is 1. The van der Waals surface area contributed by atoms with Crippen molar-refractivity contribution in [3.8, 4) is 0 Å². The van der Waals surface area contributed by atoms with Crippen molar-refractivity contribution in [3.63, 3.8) is 0 Å². The fraction of sp³-hybridized carbons (Fsp3) is 0.700. The molecule has 0 aliphatic rings. The minimum absolute atomic E-state index is 0.424. The van der Waals surface area contributed by atoms with Gasteiger partial charge in [-0.15, -0.1) is 0 Å². The first-order valence-electron chi connectivity index (χ1n) is 5.06. The molecule has 1 heterocycles. The molecule has 0 saturated carbocycles. The Kier molecular flexibility index (Phi) is 4.88. The molecule has 0 aromatic carbocycles. The van der Waals surface area contributed by atoms with E-state index in [1.807, 2.05) is 10.9 Å². The van der Waals surface area contributed by atoms with Crippen molar-refractivity contribution in [3.05, 3.63) is 16.0 Å². The molecular formula is C10H18IN3. The van der Waals surface area contributed by atoms with Crippen LogP contribution in [0.1, 0.15) is 33.2 Å². The monoisotopic (exact) mass is 307 g/mol. The average Bonchev–Trinajstić information content (AvgIpc) is 2.60. The zero-order valence-corrected chi connectivity index (χ0v) is 11.2. The van der Waals surface area contributed by atoms with Crippen LogP contribution in [0.5, 0.6) is 0 Å². The van der Waals surface area contributed by atoms with Gasteiger partial charge in [-0.2, -0.15) is 5.10 Å². The third kappa shape index (κ3) is 3.57. The van der Waals surface area contributed by atoms with Gasteiger partial charge in [0.25, 0.3) is 0 Å². The first-order chi connectivity index (χ1) is 6.63. The van der Waals surface area contributed by atoms with Crippen molar-refractivity contribution in [2.75, 3.05) is 6.54 Å². The van der Waals surface area contributed by atoms with Crippen LogP contribution in [0.3, 0.4) is 0 Å². The third-order valence-corrected chi connectivity index (χ3v) is 2.95. The summed E-state index contributed by atoms with van der Waals surface area (Å²) in [5, 5.41) is 7.77. The molecule has 1 rings (SSSR count). The highest BCUT2D eigenvalue weighted by Crippen LogP contribution is 2.07. The molecule has 2 atom stereocenters. The molecule has 14 heavy (non-hydrogen) atoms. The Morgan fingerprint density at radius 3 is 2.79 bits per heavy atom. The average molecular weight is 307 g/mol. The van der Waals surface area contributed by atoms with Gasteiger partial charge in [-0.3, -0.25) is 4.68 Å². The molecule has 0 radical (unpaired) electrons. The summed E-state index contributed by atoms with van der Waals surface area (Å²) in [7, 11) is 0. The van der Waals surface area contributed by atoms with Crippen LogP contribution in [0.4, 0.5) is 0 Å². The smallest absolute Gasteiger partial charge is 0.0623 e. The Labute approximate surface area is 99.4 Å². The van der Waals surface area contributed by atoms with Gasteiger partial charge >= 0.3 is 0 Å². The summed E-state index contributed by atoms with van der Waals surface area (Å²) in [4.78, 5) is 0. The van der Waals surface area contributed by atoms with Crippen LogP contribution in [0.15, 0.2) is 12.4 Å². The van der Waals surface area contributed by atoms with E-state index in [0.717, 1.165) is 6.54 Å². The fourth-order valence-electron chi connectivity index (χ4n) is 1.17. The van der Waals surface area contributed by atoms with E-state index in [1.165, 1.54) is 9.99 Å². The normalized spacial score (nSPS) is 15.4. The van der Waals surface area contributed by atoms with Crippen LogP contribution in [-0.2, 0) is 0 Å². The molecule has 80 valence electrons. The number of rotatable bonds is 5. The van der Waals surface area contributed by atoms with Crippen molar-refractivity contribution >= 4 is 22.6 Å². The third-order valence-electron chi connectivity index (χ3n) is 2.40. The molecule has 3 nitrogen and oxygen atoms in total. The largest absolute Gasteiger partial charge is 0.312 e. The van der Waals surface area contributed by atoms with E-state index in [-0.39, 0.29) is 0 Å². The van der Waals surface area contributed by atoms with Crippen LogP contribution in [-0.4, -0.2) is 22.4 Å².